The highest BCUT2D eigenvalue weighted by molar-refractivity contribution is 9.06. The summed E-state index contributed by atoms with van der Waals surface area (Å²) < 4.78 is 22.5. The van der Waals surface area contributed by atoms with E-state index in [2.05, 4.69) is 16.3 Å². The number of halogens is 1. The second-order valence-electron chi connectivity index (χ2n) is 4.57. The van der Waals surface area contributed by atoms with Crippen molar-refractivity contribution in [3.63, 3.8) is 0 Å². The Bertz CT molecular complexity index is 386. The van der Waals surface area contributed by atoms with E-state index in [1.165, 1.54) is 0 Å². The molecule has 4 atom stereocenters. The second-order valence-corrected chi connectivity index (χ2v) is 4.94. The fourth-order valence-electron chi connectivity index (χ4n) is 2.34. The first kappa shape index (κ1) is 12.6. The molecule has 2 heterocycles. The van der Waals surface area contributed by atoms with Crippen molar-refractivity contribution in [1.82, 2.24) is 0 Å². The van der Waals surface area contributed by atoms with Crippen molar-refractivity contribution in [1.29, 1.82) is 0 Å². The van der Waals surface area contributed by atoms with Crippen molar-refractivity contribution >= 4 is 16.3 Å². The van der Waals surface area contributed by atoms with Gasteiger partial charge in [0.25, 0.3) is 0 Å². The lowest BCUT2D eigenvalue weighted by Crippen LogP contribution is -2.49. The molecule has 0 aliphatic carbocycles. The predicted molar refractivity (Wildman–Crippen MR) is 68.2 cm³/mol. The lowest BCUT2D eigenvalue weighted by Gasteiger charge is -2.41. The van der Waals surface area contributed by atoms with Crippen LogP contribution in [0.5, 0.6) is 0 Å². The molecule has 2 aliphatic rings. The molecule has 4 nitrogen and oxygen atoms in total. The molecule has 0 saturated carbocycles. The van der Waals surface area contributed by atoms with Gasteiger partial charge in [-0.2, -0.15) is 0 Å². The monoisotopic (exact) mass is 314 g/mol. The number of hydrogen-bond donors (Lipinski definition) is 0. The third-order valence-corrected chi connectivity index (χ3v) is 3.84. The Morgan fingerprint density at radius 1 is 1.06 bits per heavy atom. The molecule has 0 spiro atoms. The maximum absolute atomic E-state index is 5.96. The van der Waals surface area contributed by atoms with E-state index in [1.54, 1.807) is 0 Å². The van der Waals surface area contributed by atoms with E-state index in [0.29, 0.717) is 13.2 Å². The molecule has 0 bridgehead atoms. The molecule has 3 rings (SSSR count). The van der Waals surface area contributed by atoms with Crippen LogP contribution in [0.1, 0.15) is 18.3 Å². The van der Waals surface area contributed by atoms with Gasteiger partial charge in [0.05, 0.1) is 41.7 Å². The molecule has 0 amide bonds. The normalized spacial score (nSPS) is 36.1. The molecule has 5 heteroatoms. The molecule has 0 N–H and O–H groups in total. The highest BCUT2D eigenvalue weighted by Crippen LogP contribution is 2.32. The van der Waals surface area contributed by atoms with Crippen LogP contribution in [0.4, 0.5) is 0 Å². The summed E-state index contributed by atoms with van der Waals surface area (Å²) in [7, 11) is 0. The summed E-state index contributed by atoms with van der Waals surface area (Å²) in [5, 5.41) is 0. The van der Waals surface area contributed by atoms with Crippen LogP contribution in [-0.2, 0) is 18.0 Å². The summed E-state index contributed by atoms with van der Waals surface area (Å²) in [6, 6.07) is 9.96. The van der Waals surface area contributed by atoms with E-state index in [4.69, 9.17) is 18.0 Å². The van der Waals surface area contributed by atoms with Gasteiger partial charge >= 0.3 is 0 Å². The lowest BCUT2D eigenvalue weighted by molar-refractivity contribution is -0.285. The molecule has 18 heavy (non-hydrogen) atoms. The van der Waals surface area contributed by atoms with Gasteiger partial charge in [0.1, 0.15) is 6.10 Å². The Balaban J connectivity index is 1.68. The first-order valence-corrected chi connectivity index (χ1v) is 6.72. The fraction of sp³-hybridized carbons (Fsp3) is 0.538. The molecule has 0 radical (unpaired) electrons. The predicted octanol–water partition coefficient (Wildman–Crippen LogP) is 2.58. The van der Waals surface area contributed by atoms with E-state index in [0.717, 1.165) is 12.0 Å². The first-order chi connectivity index (χ1) is 8.86. The van der Waals surface area contributed by atoms with Crippen LogP contribution in [0.3, 0.4) is 0 Å². The summed E-state index contributed by atoms with van der Waals surface area (Å²) in [6.45, 7) is 1.15. The van der Waals surface area contributed by atoms with Crippen LogP contribution >= 0.6 is 16.3 Å². The molecule has 1 aromatic rings. The number of benzene rings is 1. The van der Waals surface area contributed by atoms with Gasteiger partial charge in [-0.1, -0.05) is 30.3 Å². The van der Waals surface area contributed by atoms with Crippen LogP contribution in [-0.4, -0.2) is 31.5 Å². The van der Waals surface area contributed by atoms with Gasteiger partial charge in [-0.25, -0.2) is 0 Å². The van der Waals surface area contributed by atoms with E-state index >= 15 is 0 Å². The Kier molecular flexibility index (Phi) is 3.96. The average Bonchev–Trinajstić information content (AvgIpc) is 2.47. The average molecular weight is 315 g/mol. The molecule has 1 unspecified atom stereocenters. The third kappa shape index (κ3) is 2.60. The van der Waals surface area contributed by atoms with Crippen molar-refractivity contribution in [2.24, 2.45) is 0 Å². The zero-order valence-corrected chi connectivity index (χ0v) is 11.4. The maximum atomic E-state index is 5.96. The number of hydrogen-bond acceptors (Lipinski definition) is 4. The summed E-state index contributed by atoms with van der Waals surface area (Å²) in [5.41, 5.74) is 1.04. The molecular weight excluding hydrogens is 300 g/mol. The SMILES string of the molecule is BrO[C@@H]1CO[C@@H]2COC(c3ccccc3)O[C@@H]2C1. The number of ether oxygens (including phenoxy) is 3. The van der Waals surface area contributed by atoms with Gasteiger partial charge in [-0.15, -0.1) is 0 Å². The Hall–Kier alpha value is -0.460. The van der Waals surface area contributed by atoms with Gasteiger partial charge in [0.2, 0.25) is 0 Å². The summed E-state index contributed by atoms with van der Waals surface area (Å²) >= 11 is 3.02. The maximum Gasteiger partial charge on any atom is 0.184 e. The van der Waals surface area contributed by atoms with Crippen molar-refractivity contribution in [3.8, 4) is 0 Å². The van der Waals surface area contributed by atoms with E-state index in [9.17, 15) is 0 Å². The van der Waals surface area contributed by atoms with Gasteiger partial charge < -0.3 is 18.0 Å². The Morgan fingerprint density at radius 3 is 2.67 bits per heavy atom. The highest BCUT2D eigenvalue weighted by Gasteiger charge is 2.38. The second kappa shape index (κ2) is 5.67. The van der Waals surface area contributed by atoms with Crippen LogP contribution in [0.15, 0.2) is 30.3 Å². The van der Waals surface area contributed by atoms with Crippen LogP contribution in [0.25, 0.3) is 0 Å². The van der Waals surface area contributed by atoms with Crippen molar-refractivity contribution in [2.75, 3.05) is 13.2 Å². The molecule has 0 aromatic heterocycles. The molecule has 2 aliphatic heterocycles. The van der Waals surface area contributed by atoms with Crippen LogP contribution in [0.2, 0.25) is 0 Å². The van der Waals surface area contributed by atoms with Gasteiger partial charge in [-0.3, -0.25) is 0 Å². The van der Waals surface area contributed by atoms with Gasteiger partial charge in [-0.05, 0) is 0 Å². The molecule has 1 aromatic carbocycles. The smallest absolute Gasteiger partial charge is 0.184 e. The quantitative estimate of drug-likeness (QED) is 0.841. The summed E-state index contributed by atoms with van der Waals surface area (Å²) in [5.74, 6) is 0. The number of rotatable bonds is 2. The first-order valence-electron chi connectivity index (χ1n) is 6.08. The van der Waals surface area contributed by atoms with Crippen LogP contribution < -0.4 is 0 Å². The zero-order valence-electron chi connectivity index (χ0n) is 9.83. The third-order valence-electron chi connectivity index (χ3n) is 3.31. The van der Waals surface area contributed by atoms with Gasteiger partial charge in [0, 0.05) is 12.0 Å². The Labute approximate surface area is 115 Å². The van der Waals surface area contributed by atoms with Gasteiger partial charge in [0.15, 0.2) is 6.29 Å². The minimum Gasteiger partial charge on any atom is -0.370 e. The lowest BCUT2D eigenvalue weighted by atomic mass is 10.0. The van der Waals surface area contributed by atoms with Crippen molar-refractivity contribution in [3.05, 3.63) is 35.9 Å². The van der Waals surface area contributed by atoms with Crippen molar-refractivity contribution in [2.45, 2.75) is 31.0 Å². The van der Waals surface area contributed by atoms with Crippen molar-refractivity contribution < 1.29 is 18.0 Å². The van der Waals surface area contributed by atoms with E-state index in [1.807, 2.05) is 30.3 Å². The minimum atomic E-state index is -0.301. The largest absolute Gasteiger partial charge is 0.370 e. The molecule has 98 valence electrons. The summed E-state index contributed by atoms with van der Waals surface area (Å²) in [6.07, 6.45) is 0.609. The highest BCUT2D eigenvalue weighted by atomic mass is 79.9. The number of fused-ring (bicyclic) bond motifs is 1. The fourth-order valence-corrected chi connectivity index (χ4v) is 2.60. The topological polar surface area (TPSA) is 36.9 Å². The molecular formula is C13H15BrO4. The molecule has 2 fully saturated rings. The standard InChI is InChI=1S/C13H15BrO4/c14-18-10-6-11-12(15-7-10)8-16-13(17-11)9-4-2-1-3-5-9/h1-5,10-13H,6-8H2/t10-,11+,12+,13?/m0/s1. The zero-order chi connectivity index (χ0) is 12.4. The van der Waals surface area contributed by atoms with E-state index < -0.39 is 0 Å². The van der Waals surface area contributed by atoms with E-state index in [-0.39, 0.29) is 24.6 Å². The summed E-state index contributed by atoms with van der Waals surface area (Å²) in [4.78, 5) is 0. The Morgan fingerprint density at radius 2 is 1.89 bits per heavy atom. The van der Waals surface area contributed by atoms with Crippen LogP contribution in [0, 0.1) is 0 Å². The minimum absolute atomic E-state index is 0.0175. The molecule has 2 saturated heterocycles.